The summed E-state index contributed by atoms with van der Waals surface area (Å²) < 4.78 is 26.1. The standard InChI is InChI=1S/C12H18Cl2N2O2S/c1-4-5-16(3)19(17,18)11-7-10(13)6-9(8-15-2)12(11)14/h6-7,15H,4-5,8H2,1-3H3. The van der Waals surface area contributed by atoms with Crippen molar-refractivity contribution in [3.8, 4) is 0 Å². The number of benzene rings is 1. The predicted octanol–water partition coefficient (Wildman–Crippen LogP) is 2.74. The van der Waals surface area contributed by atoms with E-state index in [2.05, 4.69) is 5.32 Å². The predicted molar refractivity (Wildman–Crippen MR) is 79.3 cm³/mol. The summed E-state index contributed by atoms with van der Waals surface area (Å²) in [6, 6.07) is 3.06. The molecular weight excluding hydrogens is 307 g/mol. The molecule has 0 fully saturated rings. The fourth-order valence-electron chi connectivity index (χ4n) is 1.73. The molecule has 7 heteroatoms. The number of hydrogen-bond donors (Lipinski definition) is 1. The largest absolute Gasteiger partial charge is 0.316 e. The Morgan fingerprint density at radius 1 is 1.32 bits per heavy atom. The molecule has 1 aromatic carbocycles. The first-order valence-corrected chi connectivity index (χ1v) is 8.13. The molecule has 0 aliphatic heterocycles. The Kier molecular flexibility index (Phi) is 6.08. The molecule has 19 heavy (non-hydrogen) atoms. The van der Waals surface area contributed by atoms with E-state index in [0.717, 1.165) is 6.42 Å². The summed E-state index contributed by atoms with van der Waals surface area (Å²) in [5, 5.41) is 3.52. The van der Waals surface area contributed by atoms with Crippen molar-refractivity contribution in [2.75, 3.05) is 20.6 Å². The fraction of sp³-hybridized carbons (Fsp3) is 0.500. The maximum Gasteiger partial charge on any atom is 0.244 e. The average molecular weight is 325 g/mol. The first-order valence-electron chi connectivity index (χ1n) is 5.93. The molecule has 108 valence electrons. The van der Waals surface area contributed by atoms with E-state index < -0.39 is 10.0 Å². The van der Waals surface area contributed by atoms with Crippen LogP contribution in [-0.2, 0) is 16.6 Å². The third kappa shape index (κ3) is 3.83. The zero-order valence-electron chi connectivity index (χ0n) is 11.2. The average Bonchev–Trinajstić information content (AvgIpc) is 2.33. The molecule has 0 atom stereocenters. The fourth-order valence-corrected chi connectivity index (χ4v) is 3.89. The smallest absolute Gasteiger partial charge is 0.244 e. The highest BCUT2D eigenvalue weighted by atomic mass is 35.5. The zero-order valence-corrected chi connectivity index (χ0v) is 13.5. The number of nitrogens with one attached hydrogen (secondary N) is 1. The van der Waals surface area contributed by atoms with E-state index in [1.165, 1.54) is 17.4 Å². The molecule has 1 aromatic rings. The first kappa shape index (κ1) is 16.7. The lowest BCUT2D eigenvalue weighted by atomic mass is 10.2. The highest BCUT2D eigenvalue weighted by molar-refractivity contribution is 7.89. The first-order chi connectivity index (χ1) is 8.84. The molecular formula is C12H18Cl2N2O2S. The minimum absolute atomic E-state index is 0.0582. The van der Waals surface area contributed by atoms with Crippen molar-refractivity contribution in [3.63, 3.8) is 0 Å². The van der Waals surface area contributed by atoms with E-state index in [0.29, 0.717) is 23.7 Å². The second-order valence-electron chi connectivity index (χ2n) is 4.23. The van der Waals surface area contributed by atoms with Crippen LogP contribution in [0.15, 0.2) is 17.0 Å². The molecule has 0 saturated heterocycles. The second kappa shape index (κ2) is 6.90. The molecule has 0 aromatic heterocycles. The summed E-state index contributed by atoms with van der Waals surface area (Å²) in [6.45, 7) is 2.81. The van der Waals surface area contributed by atoms with Crippen molar-refractivity contribution in [2.24, 2.45) is 0 Å². The van der Waals surface area contributed by atoms with Gasteiger partial charge in [0.25, 0.3) is 0 Å². The van der Waals surface area contributed by atoms with Gasteiger partial charge in [0, 0.05) is 25.2 Å². The van der Waals surface area contributed by atoms with Crippen LogP contribution in [0.25, 0.3) is 0 Å². The van der Waals surface area contributed by atoms with Crippen molar-refractivity contribution in [2.45, 2.75) is 24.8 Å². The van der Waals surface area contributed by atoms with Crippen LogP contribution in [0.3, 0.4) is 0 Å². The normalized spacial score (nSPS) is 12.1. The molecule has 0 aliphatic rings. The Bertz CT molecular complexity index is 547. The Morgan fingerprint density at radius 3 is 2.47 bits per heavy atom. The van der Waals surface area contributed by atoms with E-state index in [9.17, 15) is 8.42 Å². The van der Waals surface area contributed by atoms with Crippen molar-refractivity contribution >= 4 is 33.2 Å². The van der Waals surface area contributed by atoms with E-state index in [1.54, 1.807) is 13.1 Å². The molecule has 0 unspecified atom stereocenters. The van der Waals surface area contributed by atoms with Crippen molar-refractivity contribution in [1.82, 2.24) is 9.62 Å². The van der Waals surface area contributed by atoms with E-state index in [-0.39, 0.29) is 9.92 Å². The Balaban J connectivity index is 3.34. The van der Waals surface area contributed by atoms with Gasteiger partial charge < -0.3 is 5.32 Å². The number of rotatable bonds is 6. The van der Waals surface area contributed by atoms with Gasteiger partial charge in [0.05, 0.1) is 5.02 Å². The monoisotopic (exact) mass is 324 g/mol. The summed E-state index contributed by atoms with van der Waals surface area (Å²) in [6.07, 6.45) is 0.733. The van der Waals surface area contributed by atoms with Gasteiger partial charge in [-0.25, -0.2) is 12.7 Å². The third-order valence-corrected chi connectivity index (χ3v) is 5.33. The van der Waals surface area contributed by atoms with Gasteiger partial charge in [0.1, 0.15) is 4.90 Å². The van der Waals surface area contributed by atoms with Crippen LogP contribution in [0.5, 0.6) is 0 Å². The number of hydrogen-bond acceptors (Lipinski definition) is 3. The second-order valence-corrected chi connectivity index (χ2v) is 7.06. The molecule has 0 saturated carbocycles. The molecule has 0 amide bonds. The third-order valence-electron chi connectivity index (χ3n) is 2.67. The van der Waals surface area contributed by atoms with Crippen LogP contribution < -0.4 is 5.32 Å². The summed E-state index contributed by atoms with van der Waals surface area (Å²) in [5.74, 6) is 0. The van der Waals surface area contributed by atoms with E-state index in [4.69, 9.17) is 23.2 Å². The highest BCUT2D eigenvalue weighted by Gasteiger charge is 2.25. The molecule has 0 radical (unpaired) electrons. The topological polar surface area (TPSA) is 49.4 Å². The number of halogens is 2. The van der Waals surface area contributed by atoms with Crippen molar-refractivity contribution in [3.05, 3.63) is 27.7 Å². The number of sulfonamides is 1. The Morgan fingerprint density at radius 2 is 1.95 bits per heavy atom. The van der Waals surface area contributed by atoms with Gasteiger partial charge in [-0.3, -0.25) is 0 Å². The molecule has 1 rings (SSSR count). The molecule has 4 nitrogen and oxygen atoms in total. The van der Waals surface area contributed by atoms with E-state index in [1.807, 2.05) is 6.92 Å². The molecule has 0 bridgehead atoms. The van der Waals surface area contributed by atoms with Gasteiger partial charge in [0.2, 0.25) is 10.0 Å². The van der Waals surface area contributed by atoms with Gasteiger partial charge in [0.15, 0.2) is 0 Å². The summed E-state index contributed by atoms with van der Waals surface area (Å²) in [4.78, 5) is 0.0582. The molecule has 1 N–H and O–H groups in total. The van der Waals surface area contributed by atoms with Crippen LogP contribution in [0.4, 0.5) is 0 Å². The van der Waals surface area contributed by atoms with Gasteiger partial charge in [-0.15, -0.1) is 0 Å². The van der Waals surface area contributed by atoms with Crippen molar-refractivity contribution < 1.29 is 8.42 Å². The summed E-state index contributed by atoms with van der Waals surface area (Å²) in [5.41, 5.74) is 0.667. The van der Waals surface area contributed by atoms with Gasteiger partial charge >= 0.3 is 0 Å². The van der Waals surface area contributed by atoms with Crippen LogP contribution in [0.1, 0.15) is 18.9 Å². The number of nitrogens with zero attached hydrogens (tertiary/aromatic N) is 1. The van der Waals surface area contributed by atoms with Crippen LogP contribution in [0.2, 0.25) is 10.0 Å². The quantitative estimate of drug-likeness (QED) is 0.875. The minimum atomic E-state index is -3.61. The lowest BCUT2D eigenvalue weighted by molar-refractivity contribution is 0.468. The minimum Gasteiger partial charge on any atom is -0.316 e. The van der Waals surface area contributed by atoms with Gasteiger partial charge in [-0.05, 0) is 31.2 Å². The highest BCUT2D eigenvalue weighted by Crippen LogP contribution is 2.31. The maximum atomic E-state index is 12.4. The SMILES string of the molecule is CCCN(C)S(=O)(=O)c1cc(Cl)cc(CNC)c1Cl. The van der Waals surface area contributed by atoms with Gasteiger partial charge in [-0.1, -0.05) is 30.1 Å². The molecule has 0 spiro atoms. The van der Waals surface area contributed by atoms with Crippen molar-refractivity contribution in [1.29, 1.82) is 0 Å². The van der Waals surface area contributed by atoms with Crippen LogP contribution in [-0.4, -0.2) is 33.4 Å². The maximum absolute atomic E-state index is 12.4. The van der Waals surface area contributed by atoms with Crippen LogP contribution in [0, 0.1) is 0 Å². The Labute approximate surface area is 124 Å². The van der Waals surface area contributed by atoms with Crippen LogP contribution >= 0.6 is 23.2 Å². The Hall–Kier alpha value is -0.330. The molecule has 0 aliphatic carbocycles. The summed E-state index contributed by atoms with van der Waals surface area (Å²) >= 11 is 12.2. The summed E-state index contributed by atoms with van der Waals surface area (Å²) in [7, 11) is -0.312. The lowest BCUT2D eigenvalue weighted by Crippen LogP contribution is -2.28. The zero-order chi connectivity index (χ0) is 14.6. The van der Waals surface area contributed by atoms with E-state index >= 15 is 0 Å². The lowest BCUT2D eigenvalue weighted by Gasteiger charge is -2.18. The van der Waals surface area contributed by atoms with Gasteiger partial charge in [-0.2, -0.15) is 0 Å². The molecule has 0 heterocycles.